The first-order chi connectivity index (χ1) is 8.56. The first-order valence-electron chi connectivity index (χ1n) is 5.28. The Morgan fingerprint density at radius 3 is 2.72 bits per heavy atom. The maximum Gasteiger partial charge on any atom is 0.385 e. The van der Waals surface area contributed by atoms with Crippen LogP contribution in [0.3, 0.4) is 0 Å². The third-order valence-electron chi connectivity index (χ3n) is 2.38. The van der Waals surface area contributed by atoms with Crippen LogP contribution in [0.5, 0.6) is 0 Å². The molecule has 0 N–H and O–H groups in total. The number of ketones is 1. The van der Waals surface area contributed by atoms with E-state index in [0.29, 0.717) is 4.88 Å². The molecule has 0 bridgehead atoms. The summed E-state index contributed by atoms with van der Waals surface area (Å²) in [7, 11) is 0. The predicted molar refractivity (Wildman–Crippen MR) is 63.7 cm³/mol. The Morgan fingerprint density at radius 1 is 1.44 bits per heavy atom. The number of esters is 2. The Labute approximate surface area is 107 Å². The van der Waals surface area contributed by atoms with Gasteiger partial charge in [-0.3, -0.25) is 4.79 Å². The minimum Gasteiger partial charge on any atom is -0.462 e. The lowest BCUT2D eigenvalue weighted by atomic mass is 10.1. The number of hydrogen-bond donors (Lipinski definition) is 0. The fraction of sp³-hybridized carbons (Fsp3) is 0.250. The average Bonchev–Trinajstić information content (AvgIpc) is 2.85. The summed E-state index contributed by atoms with van der Waals surface area (Å²) in [4.78, 5) is 35.2. The molecule has 18 heavy (non-hydrogen) atoms. The highest BCUT2D eigenvalue weighted by atomic mass is 32.1. The van der Waals surface area contributed by atoms with Crippen LogP contribution in [0.15, 0.2) is 17.0 Å². The van der Waals surface area contributed by atoms with Gasteiger partial charge >= 0.3 is 11.9 Å². The molecule has 0 fully saturated rings. The van der Waals surface area contributed by atoms with Crippen LogP contribution in [0, 0.1) is 6.92 Å². The zero-order chi connectivity index (χ0) is 13.3. The second-order valence-corrected chi connectivity index (χ2v) is 4.49. The van der Waals surface area contributed by atoms with Crippen molar-refractivity contribution in [1.82, 2.24) is 0 Å². The molecule has 1 aliphatic heterocycles. The van der Waals surface area contributed by atoms with E-state index < -0.39 is 17.7 Å². The van der Waals surface area contributed by atoms with E-state index in [-0.39, 0.29) is 17.9 Å². The Morgan fingerprint density at radius 2 is 2.17 bits per heavy atom. The molecule has 6 heteroatoms. The molecular weight excluding hydrogens is 256 g/mol. The molecule has 0 amide bonds. The number of rotatable bonds is 3. The smallest absolute Gasteiger partial charge is 0.385 e. The second-order valence-electron chi connectivity index (χ2n) is 3.58. The van der Waals surface area contributed by atoms with Gasteiger partial charge in [-0.1, -0.05) is 0 Å². The van der Waals surface area contributed by atoms with Crippen LogP contribution in [0.1, 0.15) is 17.4 Å². The van der Waals surface area contributed by atoms with Crippen LogP contribution >= 0.6 is 11.3 Å². The summed E-state index contributed by atoms with van der Waals surface area (Å²) in [5.74, 6) is -2.80. The number of Topliss-reactive ketones (excluding diaryl/α,β-unsaturated/α-hetero) is 1. The van der Waals surface area contributed by atoms with Gasteiger partial charge < -0.3 is 9.47 Å². The van der Waals surface area contributed by atoms with Crippen LogP contribution in [0.2, 0.25) is 0 Å². The summed E-state index contributed by atoms with van der Waals surface area (Å²) < 4.78 is 9.65. The molecule has 94 valence electrons. The molecule has 0 aromatic carbocycles. The van der Waals surface area contributed by atoms with Crippen molar-refractivity contribution in [2.24, 2.45) is 0 Å². The molecule has 0 saturated heterocycles. The minimum absolute atomic E-state index is 0.0101. The van der Waals surface area contributed by atoms with E-state index in [2.05, 4.69) is 0 Å². The Bertz CT molecular complexity index is 567. The van der Waals surface area contributed by atoms with E-state index in [1.54, 1.807) is 19.2 Å². The van der Waals surface area contributed by atoms with E-state index in [4.69, 9.17) is 9.47 Å². The number of cyclic esters (lactones) is 1. The summed E-state index contributed by atoms with van der Waals surface area (Å²) >= 11 is 1.30. The van der Waals surface area contributed by atoms with E-state index >= 15 is 0 Å². The highest BCUT2D eigenvalue weighted by Crippen LogP contribution is 2.33. The highest BCUT2D eigenvalue weighted by molar-refractivity contribution is 7.11. The van der Waals surface area contributed by atoms with Crippen LogP contribution in [0.25, 0.3) is 5.76 Å². The lowest BCUT2D eigenvalue weighted by Gasteiger charge is -2.03. The van der Waals surface area contributed by atoms with Crippen molar-refractivity contribution in [2.45, 2.75) is 13.8 Å². The summed E-state index contributed by atoms with van der Waals surface area (Å²) in [6.07, 6.45) is 0. The molecule has 1 aliphatic rings. The predicted octanol–water partition coefficient (Wildman–Crippen LogP) is 1.46. The van der Waals surface area contributed by atoms with Gasteiger partial charge in [0.05, 0.1) is 11.5 Å². The maximum atomic E-state index is 11.7. The van der Waals surface area contributed by atoms with Crippen molar-refractivity contribution in [2.75, 3.05) is 6.61 Å². The summed E-state index contributed by atoms with van der Waals surface area (Å²) in [5, 5.41) is 1.79. The van der Waals surface area contributed by atoms with Gasteiger partial charge in [0.15, 0.2) is 11.3 Å². The first-order valence-corrected chi connectivity index (χ1v) is 6.16. The van der Waals surface area contributed by atoms with Crippen molar-refractivity contribution in [3.8, 4) is 0 Å². The number of carbonyl (C=O) groups is 3. The SMILES string of the molecule is CCOC(=O)C1=C(c2sccc2C)OC(=O)C1=O. The van der Waals surface area contributed by atoms with E-state index in [0.717, 1.165) is 5.56 Å². The number of thiophene rings is 1. The minimum atomic E-state index is -1.04. The lowest BCUT2D eigenvalue weighted by molar-refractivity contribution is -0.147. The zero-order valence-electron chi connectivity index (χ0n) is 9.81. The second kappa shape index (κ2) is 4.73. The third kappa shape index (κ3) is 1.95. The van der Waals surface area contributed by atoms with Crippen molar-refractivity contribution < 1.29 is 23.9 Å². The fourth-order valence-corrected chi connectivity index (χ4v) is 2.46. The van der Waals surface area contributed by atoms with Crippen LogP contribution in [0.4, 0.5) is 0 Å². The highest BCUT2D eigenvalue weighted by Gasteiger charge is 2.40. The Hall–Kier alpha value is -1.95. The van der Waals surface area contributed by atoms with Gasteiger partial charge in [0, 0.05) is 0 Å². The quantitative estimate of drug-likeness (QED) is 0.470. The van der Waals surface area contributed by atoms with Gasteiger partial charge in [-0.15, -0.1) is 11.3 Å². The number of hydrogen-bond acceptors (Lipinski definition) is 6. The van der Waals surface area contributed by atoms with Gasteiger partial charge in [-0.05, 0) is 30.9 Å². The van der Waals surface area contributed by atoms with Crippen LogP contribution in [-0.2, 0) is 23.9 Å². The molecule has 1 aromatic rings. The molecule has 2 rings (SSSR count). The van der Waals surface area contributed by atoms with Gasteiger partial charge in [-0.2, -0.15) is 0 Å². The van der Waals surface area contributed by atoms with Gasteiger partial charge in [-0.25, -0.2) is 9.59 Å². The molecule has 0 unspecified atom stereocenters. The largest absolute Gasteiger partial charge is 0.462 e. The fourth-order valence-electron chi connectivity index (χ4n) is 1.55. The first kappa shape index (κ1) is 12.5. The van der Waals surface area contributed by atoms with Gasteiger partial charge in [0.25, 0.3) is 5.78 Å². The number of aryl methyl sites for hydroxylation is 1. The van der Waals surface area contributed by atoms with Crippen molar-refractivity contribution in [1.29, 1.82) is 0 Å². The maximum absolute atomic E-state index is 11.7. The molecule has 1 aromatic heterocycles. The Balaban J connectivity index is 2.52. The molecule has 0 atom stereocenters. The molecule has 0 aliphatic carbocycles. The Kier molecular flexibility index (Phi) is 3.29. The third-order valence-corrected chi connectivity index (χ3v) is 3.40. The number of ether oxygens (including phenoxy) is 2. The van der Waals surface area contributed by atoms with E-state index in [9.17, 15) is 14.4 Å². The summed E-state index contributed by atoms with van der Waals surface area (Å²) in [6, 6.07) is 1.81. The van der Waals surface area contributed by atoms with Crippen LogP contribution in [-0.4, -0.2) is 24.3 Å². The van der Waals surface area contributed by atoms with E-state index in [1.807, 2.05) is 6.07 Å². The van der Waals surface area contributed by atoms with Crippen molar-refractivity contribution in [3.05, 3.63) is 27.5 Å². The zero-order valence-corrected chi connectivity index (χ0v) is 10.6. The van der Waals surface area contributed by atoms with Crippen molar-refractivity contribution in [3.63, 3.8) is 0 Å². The van der Waals surface area contributed by atoms with Crippen molar-refractivity contribution >= 4 is 34.8 Å². The summed E-state index contributed by atoms with van der Waals surface area (Å²) in [5.41, 5.74) is 0.520. The van der Waals surface area contributed by atoms with E-state index in [1.165, 1.54) is 11.3 Å². The molecule has 0 spiro atoms. The van der Waals surface area contributed by atoms with Gasteiger partial charge in [0.1, 0.15) is 0 Å². The van der Waals surface area contributed by atoms with Crippen LogP contribution < -0.4 is 0 Å². The lowest BCUT2D eigenvalue weighted by Crippen LogP contribution is -2.17. The molecule has 0 saturated carbocycles. The molecule has 5 nitrogen and oxygen atoms in total. The van der Waals surface area contributed by atoms with Gasteiger partial charge in [0.2, 0.25) is 0 Å². The molecule has 0 radical (unpaired) electrons. The summed E-state index contributed by atoms with van der Waals surface area (Å²) in [6.45, 7) is 3.55. The monoisotopic (exact) mass is 266 g/mol. The number of carbonyl (C=O) groups excluding carboxylic acids is 3. The molecular formula is C12H10O5S. The standard InChI is InChI=1S/C12H10O5S/c1-3-16-11(14)7-8(13)12(15)17-9(7)10-6(2)4-5-18-10/h4-5H,3H2,1-2H3. The molecule has 2 heterocycles. The topological polar surface area (TPSA) is 69.7 Å². The normalized spacial score (nSPS) is 15.0. The average molecular weight is 266 g/mol.